The van der Waals surface area contributed by atoms with Crippen molar-refractivity contribution in [3.8, 4) is 33.9 Å². The number of carboxylic acids is 1. The van der Waals surface area contributed by atoms with E-state index in [2.05, 4.69) is 33.2 Å². The number of carbonyl (C=O) groups is 4. The number of carboxylic acid groups (broad SMARTS) is 1. The van der Waals surface area contributed by atoms with Gasteiger partial charge in [-0.25, -0.2) is 9.59 Å². The van der Waals surface area contributed by atoms with Gasteiger partial charge in [0.25, 0.3) is 0 Å². The summed E-state index contributed by atoms with van der Waals surface area (Å²) in [5.74, 6) is -1.36. The van der Waals surface area contributed by atoms with E-state index in [1.165, 1.54) is 55.6 Å². The number of aromatic hydroxyl groups is 1. The molecule has 0 fully saturated rings. The van der Waals surface area contributed by atoms with Gasteiger partial charge in [0.15, 0.2) is 5.43 Å². The van der Waals surface area contributed by atoms with Crippen LogP contribution in [0.2, 0.25) is 0 Å². The normalized spacial score (nSPS) is 16.2. The fourth-order valence-corrected chi connectivity index (χ4v) is 7.58. The Kier molecular flexibility index (Phi) is 14.4. The number of carbonyl (C=O) groups excluding carboxylic acids is 3. The number of rotatable bonds is 16. The molecule has 0 saturated carbocycles. The average molecular weight is 934 g/mol. The van der Waals surface area contributed by atoms with Crippen molar-refractivity contribution in [3.63, 3.8) is 0 Å². The average Bonchev–Trinajstić information content (AvgIpc) is 3.22. The summed E-state index contributed by atoms with van der Waals surface area (Å²) in [6.45, 7) is 2.06. The number of nitrogens with zero attached hydrogens (tertiary/aromatic N) is 1. The first-order valence-electron chi connectivity index (χ1n) is 19.3. The number of halogens is 1. The number of aliphatic hydroxyl groups is 1. The quantitative estimate of drug-likeness (QED) is 0.0413. The number of ether oxygens (including phenoxy) is 3. The van der Waals surface area contributed by atoms with Gasteiger partial charge in [0.2, 0.25) is 11.8 Å². The predicted octanol–water partition coefficient (Wildman–Crippen LogP) is 6.41. The smallest absolute Gasteiger partial charge is 0.411 e. The number of phenolic OH excluding ortho intramolecular Hbond substituents is 1. The van der Waals surface area contributed by atoms with E-state index in [4.69, 9.17) is 18.6 Å². The van der Waals surface area contributed by atoms with Crippen LogP contribution in [0.1, 0.15) is 43.0 Å². The SMILES string of the molecule is CCCCC(=O)N(CCOC)[C@@H]1CC(C(=O)NCCOC(=O)Nc2ccc(-c3c4ccc(=O)cc-4oc4cc(O)ccc34)c(C(=O)O)c2)=C[C@H](Oc2ccccc2I)[C@H]1O. The molecular formula is C44H44IN3O12. The van der Waals surface area contributed by atoms with E-state index < -0.39 is 36.2 Å². The van der Waals surface area contributed by atoms with Crippen LogP contribution >= 0.6 is 22.6 Å². The summed E-state index contributed by atoms with van der Waals surface area (Å²) in [5.41, 5.74) is 1.30. The lowest BCUT2D eigenvalue weighted by molar-refractivity contribution is -0.139. The zero-order chi connectivity index (χ0) is 42.9. The van der Waals surface area contributed by atoms with E-state index in [9.17, 15) is 39.3 Å². The molecule has 0 spiro atoms. The number of phenols is 1. The molecule has 3 atom stereocenters. The number of hydrogen-bond acceptors (Lipinski definition) is 11. The van der Waals surface area contributed by atoms with Crippen molar-refractivity contribution in [2.75, 3.05) is 38.7 Å². The van der Waals surface area contributed by atoms with Crippen LogP contribution in [0.15, 0.2) is 99.7 Å². The standard InChI is InChI=1S/C44H44IN3O12/c1-3-4-9-39(51)48(17-19-57-2)34-20-25(21-38(41(34)52)59-35-8-6-5-7-33(35)45)42(53)46-16-18-58-44(56)47-26-10-13-29(32(22-26)43(54)55)40-30-14-11-27(49)23-36(30)60-37-24-28(50)12-15-31(37)40/h5-8,10-15,21-24,34,38,41,49,52H,3-4,9,16-20H2,1-2H3,(H,46,53)(H,47,56)(H,54,55)/t34-,38+,41+/m1/s1. The second-order valence-electron chi connectivity index (χ2n) is 14.0. The van der Waals surface area contributed by atoms with Crippen molar-refractivity contribution in [2.45, 2.75) is 50.9 Å². The number of para-hydroxylation sites is 1. The van der Waals surface area contributed by atoms with E-state index in [-0.39, 0.29) is 90.0 Å². The van der Waals surface area contributed by atoms with Crippen LogP contribution in [0.4, 0.5) is 10.5 Å². The second kappa shape index (κ2) is 19.8. The highest BCUT2D eigenvalue weighted by Crippen LogP contribution is 2.42. The first-order chi connectivity index (χ1) is 28.9. The first kappa shape index (κ1) is 43.6. The van der Waals surface area contributed by atoms with Crippen molar-refractivity contribution in [2.24, 2.45) is 0 Å². The van der Waals surface area contributed by atoms with Gasteiger partial charge in [-0.2, -0.15) is 0 Å². The predicted molar refractivity (Wildman–Crippen MR) is 230 cm³/mol. The van der Waals surface area contributed by atoms with E-state index >= 15 is 0 Å². The minimum Gasteiger partial charge on any atom is -0.508 e. The van der Waals surface area contributed by atoms with E-state index in [1.54, 1.807) is 29.2 Å². The van der Waals surface area contributed by atoms with Gasteiger partial charge in [-0.1, -0.05) is 31.5 Å². The Labute approximate surface area is 358 Å². The monoisotopic (exact) mass is 933 g/mol. The van der Waals surface area contributed by atoms with Crippen molar-refractivity contribution in [1.82, 2.24) is 10.2 Å². The molecule has 1 aliphatic heterocycles. The maximum Gasteiger partial charge on any atom is 0.411 e. The van der Waals surface area contributed by atoms with Crippen molar-refractivity contribution < 1.29 is 53.1 Å². The Balaban J connectivity index is 1.14. The number of aromatic carboxylic acids is 1. The Morgan fingerprint density at radius 1 is 0.983 bits per heavy atom. The number of unbranched alkanes of at least 4 members (excludes halogenated alkanes) is 1. The Morgan fingerprint density at radius 2 is 1.77 bits per heavy atom. The van der Waals surface area contributed by atoms with Gasteiger partial charge in [0.05, 0.1) is 28.3 Å². The van der Waals surface area contributed by atoms with E-state index in [1.807, 2.05) is 19.1 Å². The summed E-state index contributed by atoms with van der Waals surface area (Å²) in [7, 11) is 1.52. The number of anilines is 1. The molecule has 3 aromatic rings. The molecule has 6 rings (SSSR count). The zero-order valence-electron chi connectivity index (χ0n) is 32.8. The summed E-state index contributed by atoms with van der Waals surface area (Å²) >= 11 is 2.12. The lowest BCUT2D eigenvalue weighted by Gasteiger charge is -2.40. The molecule has 2 aliphatic carbocycles. The second-order valence-corrected chi connectivity index (χ2v) is 15.2. The van der Waals surface area contributed by atoms with Gasteiger partial charge >= 0.3 is 12.1 Å². The number of methoxy groups -OCH3 is 1. The van der Waals surface area contributed by atoms with Gasteiger partial charge in [-0.05, 0) is 89.2 Å². The zero-order valence-corrected chi connectivity index (χ0v) is 35.0. The minimum absolute atomic E-state index is 0.0368. The molecule has 60 heavy (non-hydrogen) atoms. The molecule has 1 heterocycles. The number of fused-ring (bicyclic) bond motifs is 2. The number of amides is 3. The molecule has 3 aromatic carbocycles. The first-order valence-corrected chi connectivity index (χ1v) is 20.3. The molecule has 0 saturated heterocycles. The number of nitrogens with one attached hydrogen (secondary N) is 2. The molecule has 314 valence electrons. The summed E-state index contributed by atoms with van der Waals surface area (Å²) in [6.07, 6.45) is 0.273. The molecule has 0 unspecified atom stereocenters. The molecule has 0 aromatic heterocycles. The van der Waals surface area contributed by atoms with Crippen LogP contribution in [-0.4, -0.2) is 95.8 Å². The molecule has 15 nitrogen and oxygen atoms in total. The van der Waals surface area contributed by atoms with Crippen LogP contribution < -0.4 is 20.8 Å². The highest BCUT2D eigenvalue weighted by atomic mass is 127. The Bertz CT molecular complexity index is 2450. The van der Waals surface area contributed by atoms with Gasteiger partial charge in [0.1, 0.15) is 41.7 Å². The van der Waals surface area contributed by atoms with Crippen LogP contribution in [0.3, 0.4) is 0 Å². The maximum absolute atomic E-state index is 13.6. The third-order valence-electron chi connectivity index (χ3n) is 9.98. The maximum atomic E-state index is 13.6. The third kappa shape index (κ3) is 10.2. The van der Waals surface area contributed by atoms with Gasteiger partial charge < -0.3 is 44.2 Å². The van der Waals surface area contributed by atoms with Gasteiger partial charge in [-0.3, -0.25) is 19.7 Å². The molecule has 3 amide bonds. The van der Waals surface area contributed by atoms with E-state index in [0.717, 1.165) is 9.99 Å². The molecule has 0 radical (unpaired) electrons. The topological polar surface area (TPSA) is 214 Å². The minimum atomic E-state index is -1.30. The fourth-order valence-electron chi connectivity index (χ4n) is 7.06. The fraction of sp³-hybridized carbons (Fsp3) is 0.295. The highest BCUT2D eigenvalue weighted by molar-refractivity contribution is 14.1. The van der Waals surface area contributed by atoms with Crippen LogP contribution in [0.5, 0.6) is 11.5 Å². The van der Waals surface area contributed by atoms with Gasteiger partial charge in [0, 0.05) is 66.4 Å². The third-order valence-corrected chi connectivity index (χ3v) is 10.9. The molecular weight excluding hydrogens is 889 g/mol. The molecule has 16 heteroatoms. The summed E-state index contributed by atoms with van der Waals surface area (Å²) < 4.78 is 23.5. The molecule has 0 bridgehead atoms. The number of benzene rings is 4. The summed E-state index contributed by atoms with van der Waals surface area (Å²) in [6, 6.07) is 19.2. The Morgan fingerprint density at radius 3 is 2.52 bits per heavy atom. The summed E-state index contributed by atoms with van der Waals surface area (Å²) in [4.78, 5) is 66.1. The highest BCUT2D eigenvalue weighted by Gasteiger charge is 2.40. The van der Waals surface area contributed by atoms with Crippen LogP contribution in [-0.2, 0) is 19.1 Å². The van der Waals surface area contributed by atoms with Gasteiger partial charge in [-0.15, -0.1) is 0 Å². The largest absolute Gasteiger partial charge is 0.508 e. The van der Waals surface area contributed by atoms with Crippen molar-refractivity contribution >= 4 is 63.1 Å². The summed E-state index contributed by atoms with van der Waals surface area (Å²) in [5, 5.41) is 37.7. The molecule has 5 N–H and O–H groups in total. The van der Waals surface area contributed by atoms with Crippen LogP contribution in [0, 0.1) is 3.57 Å². The van der Waals surface area contributed by atoms with Crippen LogP contribution in [0.25, 0.3) is 33.4 Å². The lowest BCUT2D eigenvalue weighted by Crippen LogP contribution is -2.55. The van der Waals surface area contributed by atoms with Crippen molar-refractivity contribution in [3.05, 3.63) is 110 Å². The lowest BCUT2D eigenvalue weighted by atomic mass is 9.88. The number of aliphatic hydroxyl groups excluding tert-OH is 1. The van der Waals surface area contributed by atoms with Crippen molar-refractivity contribution in [1.29, 1.82) is 0 Å². The Hall–Kier alpha value is -5.98. The number of hydrogen-bond donors (Lipinski definition) is 5. The molecule has 3 aliphatic rings. The van der Waals surface area contributed by atoms with E-state index in [0.29, 0.717) is 28.7 Å².